The van der Waals surface area contributed by atoms with E-state index in [0.717, 1.165) is 0 Å². The van der Waals surface area contributed by atoms with Crippen LogP contribution in [0.3, 0.4) is 0 Å². The Morgan fingerprint density at radius 1 is 1.47 bits per heavy atom. The quantitative estimate of drug-likeness (QED) is 0.454. The Morgan fingerprint density at radius 3 is 2.42 bits per heavy atom. The Hall–Kier alpha value is -0.960. The number of hydrogen-bond donors (Lipinski definition) is 0. The molecule has 0 atom stereocenters. The fraction of sp³-hybridized carbons (Fsp3) is 0.333. The number of ether oxygens (including phenoxy) is 1. The largest absolute Gasteiger partial charge is 0.573 e. The van der Waals surface area contributed by atoms with Crippen molar-refractivity contribution >= 4 is 32.8 Å². The van der Waals surface area contributed by atoms with Gasteiger partial charge in [0.1, 0.15) is 5.69 Å². The van der Waals surface area contributed by atoms with E-state index in [4.69, 9.17) is 11.6 Å². The van der Waals surface area contributed by atoms with E-state index in [9.17, 15) is 26.7 Å². The summed E-state index contributed by atoms with van der Waals surface area (Å²) >= 11 is 7.82. The van der Waals surface area contributed by atoms with Gasteiger partial charge in [-0.25, -0.2) is 13.8 Å². The predicted molar refractivity (Wildman–Crippen MR) is 58.7 cm³/mol. The monoisotopic (exact) mass is 367 g/mol. The molecule has 19 heavy (non-hydrogen) atoms. The lowest BCUT2D eigenvalue weighted by atomic mass is 10.2. The minimum absolute atomic E-state index is 0.269. The topological polar surface area (TPSA) is 39.2 Å². The lowest BCUT2D eigenvalue weighted by molar-refractivity contribution is -0.275. The lowest BCUT2D eigenvalue weighted by Crippen LogP contribution is -2.19. The fourth-order valence-corrected chi connectivity index (χ4v) is 1.73. The minimum atomic E-state index is -5.04. The Labute approximate surface area is 116 Å². The highest BCUT2D eigenvalue weighted by atomic mass is 79.9. The zero-order valence-electron chi connectivity index (χ0n) is 8.77. The molecule has 10 heteroatoms. The van der Waals surface area contributed by atoms with Crippen LogP contribution in [-0.4, -0.2) is 16.6 Å². The van der Waals surface area contributed by atoms with Gasteiger partial charge in [0.25, 0.3) is 11.7 Å². The summed E-state index contributed by atoms with van der Waals surface area (Å²) < 4.78 is 65.2. The molecule has 1 aromatic heterocycles. The highest BCUT2D eigenvalue weighted by molar-refractivity contribution is 9.08. The van der Waals surface area contributed by atoms with E-state index < -0.39 is 40.7 Å². The summed E-state index contributed by atoms with van der Waals surface area (Å²) in [5.41, 5.74) is -2.25. The molecule has 0 amide bonds. The van der Waals surface area contributed by atoms with Crippen LogP contribution in [0.25, 0.3) is 0 Å². The first-order chi connectivity index (χ1) is 8.65. The number of alkyl halides is 6. The Bertz CT molecular complexity index is 494. The molecule has 106 valence electrons. The van der Waals surface area contributed by atoms with Crippen molar-refractivity contribution in [2.75, 3.05) is 0 Å². The predicted octanol–water partition coefficient (Wildman–Crippen LogP) is 4.19. The van der Waals surface area contributed by atoms with Crippen LogP contribution in [0, 0.1) is 0 Å². The van der Waals surface area contributed by atoms with Crippen LogP contribution in [0.1, 0.15) is 28.2 Å². The molecule has 1 aromatic rings. The van der Waals surface area contributed by atoms with Gasteiger partial charge >= 0.3 is 6.36 Å². The van der Waals surface area contributed by atoms with Crippen molar-refractivity contribution in [3.63, 3.8) is 0 Å². The molecule has 0 aliphatic carbocycles. The van der Waals surface area contributed by atoms with Gasteiger partial charge in [-0.05, 0) is 17.7 Å². The molecule has 1 heterocycles. The number of carbonyl (C=O) groups is 1. The fourth-order valence-electron chi connectivity index (χ4n) is 1.18. The molecule has 0 radical (unpaired) electrons. The molecule has 0 saturated heterocycles. The van der Waals surface area contributed by atoms with Gasteiger partial charge in [0, 0.05) is 5.33 Å². The molecular formula is C9H4BrClF5NO2. The molecule has 0 fully saturated rings. The van der Waals surface area contributed by atoms with E-state index in [-0.39, 0.29) is 5.33 Å². The highest BCUT2D eigenvalue weighted by Gasteiger charge is 2.33. The summed E-state index contributed by atoms with van der Waals surface area (Å²) in [4.78, 5) is 14.2. The van der Waals surface area contributed by atoms with Gasteiger partial charge < -0.3 is 4.74 Å². The third-order valence-corrected chi connectivity index (χ3v) is 2.60. The van der Waals surface area contributed by atoms with Crippen molar-refractivity contribution in [1.29, 1.82) is 0 Å². The normalized spacial score (nSPS) is 11.8. The van der Waals surface area contributed by atoms with Gasteiger partial charge in [0.2, 0.25) is 0 Å². The summed E-state index contributed by atoms with van der Waals surface area (Å²) in [6, 6.07) is 0.494. The van der Waals surface area contributed by atoms with Crippen molar-refractivity contribution in [3.05, 3.63) is 23.0 Å². The zero-order valence-corrected chi connectivity index (χ0v) is 11.1. The van der Waals surface area contributed by atoms with Crippen LogP contribution < -0.4 is 4.74 Å². The summed E-state index contributed by atoms with van der Waals surface area (Å²) in [6.45, 7) is 0. The Morgan fingerprint density at radius 2 is 2.05 bits per heavy atom. The zero-order chi connectivity index (χ0) is 14.8. The smallest absolute Gasteiger partial charge is 0.404 e. The molecule has 0 N–H and O–H groups in total. The van der Waals surface area contributed by atoms with Crippen molar-refractivity contribution in [2.45, 2.75) is 18.1 Å². The number of aromatic nitrogens is 1. The van der Waals surface area contributed by atoms with E-state index in [0.29, 0.717) is 6.07 Å². The average Bonchev–Trinajstić information content (AvgIpc) is 2.25. The first-order valence-corrected chi connectivity index (χ1v) is 5.99. The van der Waals surface area contributed by atoms with Gasteiger partial charge in [-0.1, -0.05) is 15.9 Å². The Kier molecular flexibility index (Phi) is 5.08. The standard InChI is InChI=1S/C9H4BrClF5NO2/c10-2-4-5(19-9(14,15)16)1-3(7(11)18)6(17-4)8(12)13/h1,8H,2H2. The number of pyridine rings is 1. The molecule has 0 spiro atoms. The van der Waals surface area contributed by atoms with Crippen LogP contribution in [-0.2, 0) is 5.33 Å². The maximum atomic E-state index is 12.6. The van der Waals surface area contributed by atoms with Gasteiger partial charge in [-0.2, -0.15) is 0 Å². The van der Waals surface area contributed by atoms with E-state index in [1.54, 1.807) is 0 Å². The Balaban J connectivity index is 3.40. The van der Waals surface area contributed by atoms with Crippen LogP contribution in [0.4, 0.5) is 22.0 Å². The average molecular weight is 368 g/mol. The van der Waals surface area contributed by atoms with Crippen molar-refractivity contribution in [1.82, 2.24) is 4.98 Å². The molecule has 0 saturated carbocycles. The molecule has 1 rings (SSSR count). The van der Waals surface area contributed by atoms with Crippen molar-refractivity contribution in [2.24, 2.45) is 0 Å². The van der Waals surface area contributed by atoms with Crippen LogP contribution in [0.2, 0.25) is 0 Å². The second kappa shape index (κ2) is 6.00. The molecule has 0 aliphatic rings. The van der Waals surface area contributed by atoms with Gasteiger partial charge in [-0.15, -0.1) is 13.2 Å². The number of hydrogen-bond acceptors (Lipinski definition) is 3. The molecular weight excluding hydrogens is 364 g/mol. The number of carbonyl (C=O) groups excluding carboxylic acids is 1. The second-order valence-corrected chi connectivity index (χ2v) is 4.03. The summed E-state index contributed by atoms with van der Waals surface area (Å²) in [5.74, 6) is -0.863. The summed E-state index contributed by atoms with van der Waals surface area (Å²) in [6.07, 6.45) is -8.20. The maximum absolute atomic E-state index is 12.6. The SMILES string of the molecule is O=C(Cl)c1cc(OC(F)(F)F)c(CBr)nc1C(F)F. The number of nitrogens with zero attached hydrogens (tertiary/aromatic N) is 1. The molecule has 0 bridgehead atoms. The first kappa shape index (κ1) is 16.1. The third kappa shape index (κ3) is 4.27. The van der Waals surface area contributed by atoms with Crippen molar-refractivity contribution in [3.8, 4) is 5.75 Å². The number of rotatable bonds is 4. The number of halogens is 7. The van der Waals surface area contributed by atoms with Gasteiger partial charge in [0.05, 0.1) is 11.3 Å². The van der Waals surface area contributed by atoms with E-state index in [2.05, 4.69) is 25.7 Å². The molecule has 0 aliphatic heterocycles. The summed E-state index contributed by atoms with van der Waals surface area (Å²) in [5, 5.41) is -1.62. The molecule has 3 nitrogen and oxygen atoms in total. The van der Waals surface area contributed by atoms with Gasteiger partial charge in [-0.3, -0.25) is 4.79 Å². The van der Waals surface area contributed by atoms with Crippen LogP contribution in [0.15, 0.2) is 6.07 Å². The highest BCUT2D eigenvalue weighted by Crippen LogP contribution is 2.32. The van der Waals surface area contributed by atoms with E-state index >= 15 is 0 Å². The maximum Gasteiger partial charge on any atom is 0.573 e. The first-order valence-electron chi connectivity index (χ1n) is 4.49. The van der Waals surface area contributed by atoms with Crippen molar-refractivity contribution < 1.29 is 31.5 Å². The van der Waals surface area contributed by atoms with E-state index in [1.807, 2.05) is 0 Å². The molecule has 0 aromatic carbocycles. The van der Waals surface area contributed by atoms with Gasteiger partial charge in [0.15, 0.2) is 5.75 Å². The van der Waals surface area contributed by atoms with E-state index in [1.165, 1.54) is 0 Å². The van der Waals surface area contributed by atoms with Crippen LogP contribution in [0.5, 0.6) is 5.75 Å². The minimum Gasteiger partial charge on any atom is -0.404 e. The second-order valence-electron chi connectivity index (χ2n) is 3.12. The third-order valence-electron chi connectivity index (χ3n) is 1.86. The lowest BCUT2D eigenvalue weighted by Gasteiger charge is -2.14. The molecule has 0 unspecified atom stereocenters. The van der Waals surface area contributed by atoms with Crippen LogP contribution >= 0.6 is 27.5 Å². The summed E-state index contributed by atoms with van der Waals surface area (Å²) in [7, 11) is 0.